The molecule has 0 fully saturated rings. The molecule has 0 unspecified atom stereocenters. The summed E-state index contributed by atoms with van der Waals surface area (Å²) < 4.78 is 13.1. The molecule has 0 aliphatic rings. The van der Waals surface area contributed by atoms with Crippen molar-refractivity contribution in [2.75, 3.05) is 5.32 Å². The molecule has 7 nitrogen and oxygen atoms in total. The summed E-state index contributed by atoms with van der Waals surface area (Å²) in [5.41, 5.74) is 1.83. The molecule has 0 aliphatic heterocycles. The number of amides is 2. The quantitative estimate of drug-likeness (QED) is 0.567. The number of hydrogen-bond acceptors (Lipinski definition) is 4. The minimum absolute atomic E-state index is 0.174. The van der Waals surface area contributed by atoms with Crippen LogP contribution in [0.4, 0.5) is 10.1 Å². The number of aromatic nitrogens is 2. The largest absolute Gasteiger partial charge is 0.340 e. The fraction of sp³-hybridized carbons (Fsp3) is 0.217. The number of carbonyl (C=O) groups excluding carboxylic acids is 2. The van der Waals surface area contributed by atoms with E-state index in [1.54, 1.807) is 31.2 Å². The van der Waals surface area contributed by atoms with E-state index in [9.17, 15) is 18.8 Å². The zero-order chi connectivity index (χ0) is 22.5. The van der Waals surface area contributed by atoms with Gasteiger partial charge >= 0.3 is 0 Å². The van der Waals surface area contributed by atoms with Gasteiger partial charge in [0, 0.05) is 22.9 Å². The number of H-pyrrole nitrogens is 1. The predicted molar refractivity (Wildman–Crippen MR) is 116 cm³/mol. The fourth-order valence-corrected chi connectivity index (χ4v) is 3.03. The summed E-state index contributed by atoms with van der Waals surface area (Å²) in [6.45, 7) is 5.34. The Bertz CT molecular complexity index is 1140. The Labute approximate surface area is 178 Å². The molecule has 3 aromatic rings. The number of nitrogens with zero attached hydrogens (tertiary/aromatic N) is 1. The van der Waals surface area contributed by atoms with E-state index < -0.39 is 17.8 Å². The third kappa shape index (κ3) is 5.63. The number of halogens is 1. The SMILES string of the molecule is Cc1nc(-c2ccc(NC(=O)[C@@H](NC(=O)c3ccc(F)cc3)C(C)C)cc2)cc(=O)[nH]1. The number of carbonyl (C=O) groups is 2. The highest BCUT2D eigenvalue weighted by Gasteiger charge is 2.25. The van der Waals surface area contributed by atoms with Crippen molar-refractivity contribution in [3.8, 4) is 11.3 Å². The van der Waals surface area contributed by atoms with Gasteiger partial charge in [-0.25, -0.2) is 9.37 Å². The number of benzene rings is 2. The molecule has 2 amide bonds. The first-order chi connectivity index (χ1) is 14.7. The topological polar surface area (TPSA) is 104 Å². The second-order valence-corrected chi connectivity index (χ2v) is 7.48. The maximum Gasteiger partial charge on any atom is 0.251 e. The highest BCUT2D eigenvalue weighted by atomic mass is 19.1. The highest BCUT2D eigenvalue weighted by Crippen LogP contribution is 2.19. The van der Waals surface area contributed by atoms with Crippen molar-refractivity contribution in [1.82, 2.24) is 15.3 Å². The zero-order valence-electron chi connectivity index (χ0n) is 17.4. The lowest BCUT2D eigenvalue weighted by Gasteiger charge is -2.22. The van der Waals surface area contributed by atoms with E-state index in [1.807, 2.05) is 13.8 Å². The van der Waals surface area contributed by atoms with E-state index in [-0.39, 0.29) is 22.9 Å². The smallest absolute Gasteiger partial charge is 0.251 e. The van der Waals surface area contributed by atoms with Crippen molar-refractivity contribution in [1.29, 1.82) is 0 Å². The maximum absolute atomic E-state index is 13.1. The summed E-state index contributed by atoms with van der Waals surface area (Å²) >= 11 is 0. The van der Waals surface area contributed by atoms with Gasteiger partial charge in [-0.3, -0.25) is 14.4 Å². The summed E-state index contributed by atoms with van der Waals surface area (Å²) in [5.74, 6) is -0.935. The molecule has 0 bridgehead atoms. The fourth-order valence-electron chi connectivity index (χ4n) is 3.03. The highest BCUT2D eigenvalue weighted by molar-refractivity contribution is 6.01. The molecule has 0 saturated carbocycles. The number of hydrogen-bond donors (Lipinski definition) is 3. The zero-order valence-corrected chi connectivity index (χ0v) is 17.4. The minimum Gasteiger partial charge on any atom is -0.340 e. The average molecular weight is 422 g/mol. The molecule has 0 spiro atoms. The normalized spacial score (nSPS) is 11.8. The van der Waals surface area contributed by atoms with Crippen molar-refractivity contribution in [3.63, 3.8) is 0 Å². The summed E-state index contributed by atoms with van der Waals surface area (Å²) in [6.07, 6.45) is 0. The summed E-state index contributed by atoms with van der Waals surface area (Å²) in [4.78, 5) is 43.7. The van der Waals surface area contributed by atoms with Gasteiger partial charge in [0.15, 0.2) is 0 Å². The van der Waals surface area contributed by atoms with Crippen LogP contribution in [-0.2, 0) is 4.79 Å². The Morgan fingerprint density at radius 1 is 1.03 bits per heavy atom. The van der Waals surface area contributed by atoms with Crippen molar-refractivity contribution in [2.45, 2.75) is 26.8 Å². The summed E-state index contributed by atoms with van der Waals surface area (Å²) in [6, 6.07) is 12.6. The van der Waals surface area contributed by atoms with Gasteiger partial charge in [0.1, 0.15) is 17.7 Å². The van der Waals surface area contributed by atoms with Gasteiger partial charge < -0.3 is 15.6 Å². The standard InChI is InChI=1S/C23H23FN4O3/c1-13(2)21(28-22(30)16-4-8-17(24)9-5-16)23(31)27-18-10-6-15(7-11-18)19-12-20(29)26-14(3)25-19/h4-13,21H,1-3H3,(H,27,31)(H,28,30)(H,25,26,29)/t21-/m0/s1. The lowest BCUT2D eigenvalue weighted by molar-refractivity contribution is -0.118. The summed E-state index contributed by atoms with van der Waals surface area (Å²) in [5, 5.41) is 5.49. The Kier molecular flexibility index (Phi) is 6.59. The van der Waals surface area contributed by atoms with E-state index in [0.29, 0.717) is 17.2 Å². The van der Waals surface area contributed by atoms with Gasteiger partial charge in [-0.2, -0.15) is 0 Å². The second-order valence-electron chi connectivity index (χ2n) is 7.48. The van der Waals surface area contributed by atoms with Gasteiger partial charge in [0.25, 0.3) is 11.5 Å². The van der Waals surface area contributed by atoms with E-state index in [2.05, 4.69) is 20.6 Å². The van der Waals surface area contributed by atoms with Gasteiger partial charge in [-0.05, 0) is 49.2 Å². The second kappa shape index (κ2) is 9.34. The minimum atomic E-state index is -0.783. The first-order valence-corrected chi connectivity index (χ1v) is 9.78. The molecule has 8 heteroatoms. The molecule has 0 aliphatic carbocycles. The molecule has 1 heterocycles. The molecule has 3 N–H and O–H groups in total. The Morgan fingerprint density at radius 3 is 2.26 bits per heavy atom. The maximum atomic E-state index is 13.1. The van der Waals surface area contributed by atoms with Crippen LogP contribution in [-0.4, -0.2) is 27.8 Å². The molecular weight excluding hydrogens is 399 g/mol. The third-order valence-corrected chi connectivity index (χ3v) is 4.65. The molecule has 160 valence electrons. The first-order valence-electron chi connectivity index (χ1n) is 9.78. The van der Waals surface area contributed by atoms with Gasteiger partial charge in [-0.15, -0.1) is 0 Å². The van der Waals surface area contributed by atoms with Crippen molar-refractivity contribution in [2.24, 2.45) is 5.92 Å². The van der Waals surface area contributed by atoms with Crippen LogP contribution in [0.5, 0.6) is 0 Å². The van der Waals surface area contributed by atoms with Crippen LogP contribution < -0.4 is 16.2 Å². The van der Waals surface area contributed by atoms with Gasteiger partial charge in [0.05, 0.1) is 5.69 Å². The van der Waals surface area contributed by atoms with Crippen molar-refractivity contribution in [3.05, 3.63) is 82.2 Å². The Balaban J connectivity index is 1.71. The molecule has 31 heavy (non-hydrogen) atoms. The molecule has 2 aromatic carbocycles. The molecule has 0 radical (unpaired) electrons. The predicted octanol–water partition coefficient (Wildman–Crippen LogP) is 3.28. The van der Waals surface area contributed by atoms with E-state index in [4.69, 9.17) is 0 Å². The Morgan fingerprint density at radius 2 is 1.68 bits per heavy atom. The van der Waals surface area contributed by atoms with Crippen LogP contribution >= 0.6 is 0 Å². The third-order valence-electron chi connectivity index (χ3n) is 4.65. The number of nitrogens with one attached hydrogen (secondary N) is 3. The van der Waals surface area contributed by atoms with Crippen LogP contribution in [0.15, 0.2) is 59.4 Å². The molecule has 0 saturated heterocycles. The number of anilines is 1. The molecule has 1 atom stereocenters. The lowest BCUT2D eigenvalue weighted by Crippen LogP contribution is -2.47. The Hall–Kier alpha value is -3.81. The van der Waals surface area contributed by atoms with Gasteiger partial charge in [0.2, 0.25) is 5.91 Å². The van der Waals surface area contributed by atoms with E-state index >= 15 is 0 Å². The van der Waals surface area contributed by atoms with Crippen LogP contribution in [0.2, 0.25) is 0 Å². The van der Waals surface area contributed by atoms with Crippen LogP contribution in [0.3, 0.4) is 0 Å². The van der Waals surface area contributed by atoms with Crippen LogP contribution in [0.1, 0.15) is 30.0 Å². The average Bonchev–Trinajstić information content (AvgIpc) is 2.72. The first kappa shape index (κ1) is 21.9. The number of aryl methyl sites for hydroxylation is 1. The molecule has 3 rings (SSSR count). The van der Waals surface area contributed by atoms with Crippen molar-refractivity contribution >= 4 is 17.5 Å². The van der Waals surface area contributed by atoms with Crippen molar-refractivity contribution < 1.29 is 14.0 Å². The summed E-state index contributed by atoms with van der Waals surface area (Å²) in [7, 11) is 0. The molecular formula is C23H23FN4O3. The van der Waals surface area contributed by atoms with E-state index in [1.165, 1.54) is 30.3 Å². The number of rotatable bonds is 6. The van der Waals surface area contributed by atoms with E-state index in [0.717, 1.165) is 5.56 Å². The monoisotopic (exact) mass is 422 g/mol. The lowest BCUT2D eigenvalue weighted by atomic mass is 10.0. The number of aromatic amines is 1. The van der Waals surface area contributed by atoms with Gasteiger partial charge in [-0.1, -0.05) is 26.0 Å². The van der Waals surface area contributed by atoms with Crippen LogP contribution in [0, 0.1) is 18.7 Å². The van der Waals surface area contributed by atoms with Crippen LogP contribution in [0.25, 0.3) is 11.3 Å². The molecule has 1 aromatic heterocycles.